The second kappa shape index (κ2) is 6.41. The van der Waals surface area contributed by atoms with Crippen LogP contribution in [0.5, 0.6) is 0 Å². The van der Waals surface area contributed by atoms with E-state index >= 15 is 0 Å². The third kappa shape index (κ3) is 3.04. The normalized spacial score (nSPS) is 12.4. The van der Waals surface area contributed by atoms with Crippen molar-refractivity contribution in [3.63, 3.8) is 0 Å². The number of aromatic nitrogens is 1. The fourth-order valence-electron chi connectivity index (χ4n) is 2.05. The highest BCUT2D eigenvalue weighted by Gasteiger charge is 2.23. The molecule has 0 aliphatic heterocycles. The first-order valence-electron chi connectivity index (χ1n) is 6.34. The highest BCUT2D eigenvalue weighted by molar-refractivity contribution is 9.10. The van der Waals surface area contributed by atoms with Crippen LogP contribution in [0.4, 0.5) is 8.78 Å². The Labute approximate surface area is 125 Å². The Morgan fingerprint density at radius 1 is 1.25 bits per heavy atom. The highest BCUT2D eigenvalue weighted by Crippen LogP contribution is 2.30. The van der Waals surface area contributed by atoms with Gasteiger partial charge in [0.15, 0.2) is 0 Å². The number of halogens is 3. The molecule has 0 radical (unpaired) electrons. The molecule has 5 heteroatoms. The molecule has 0 fully saturated rings. The van der Waals surface area contributed by atoms with Crippen molar-refractivity contribution in [2.24, 2.45) is 0 Å². The molecular formula is C15H15BrF2N2. The smallest absolute Gasteiger partial charge is 0.145 e. The van der Waals surface area contributed by atoms with Crippen LogP contribution in [0.2, 0.25) is 0 Å². The molecule has 2 rings (SSSR count). The molecular weight excluding hydrogens is 326 g/mol. The summed E-state index contributed by atoms with van der Waals surface area (Å²) < 4.78 is 28.5. The van der Waals surface area contributed by atoms with Gasteiger partial charge in [0.2, 0.25) is 0 Å². The molecule has 2 aromatic rings. The molecule has 1 aromatic heterocycles. The zero-order chi connectivity index (χ0) is 14.7. The third-order valence-electron chi connectivity index (χ3n) is 3.04. The zero-order valence-electron chi connectivity index (χ0n) is 11.3. The fraction of sp³-hybridized carbons (Fsp3) is 0.267. The van der Waals surface area contributed by atoms with Crippen molar-refractivity contribution >= 4 is 15.9 Å². The van der Waals surface area contributed by atoms with Gasteiger partial charge in [0, 0.05) is 17.5 Å². The summed E-state index contributed by atoms with van der Waals surface area (Å²) >= 11 is 3.10. The SMILES string of the molecule is CCNC(c1ccc(C)nc1)c1c(F)ccc(Br)c1F. The lowest BCUT2D eigenvalue weighted by Crippen LogP contribution is -2.24. The lowest BCUT2D eigenvalue weighted by atomic mass is 9.98. The molecule has 1 N–H and O–H groups in total. The number of benzene rings is 1. The highest BCUT2D eigenvalue weighted by atomic mass is 79.9. The van der Waals surface area contributed by atoms with E-state index in [1.165, 1.54) is 12.1 Å². The van der Waals surface area contributed by atoms with Crippen molar-refractivity contribution < 1.29 is 8.78 Å². The first-order valence-corrected chi connectivity index (χ1v) is 7.13. The molecule has 0 saturated heterocycles. The molecule has 1 atom stereocenters. The number of rotatable bonds is 4. The van der Waals surface area contributed by atoms with Gasteiger partial charge in [-0.25, -0.2) is 8.78 Å². The molecule has 1 heterocycles. The Morgan fingerprint density at radius 2 is 2.00 bits per heavy atom. The van der Waals surface area contributed by atoms with Crippen LogP contribution in [0.15, 0.2) is 34.9 Å². The van der Waals surface area contributed by atoms with Gasteiger partial charge in [-0.15, -0.1) is 0 Å². The maximum Gasteiger partial charge on any atom is 0.145 e. The molecule has 106 valence electrons. The predicted molar refractivity (Wildman–Crippen MR) is 78.6 cm³/mol. The number of nitrogens with one attached hydrogen (secondary N) is 1. The van der Waals surface area contributed by atoms with Crippen molar-refractivity contribution in [3.8, 4) is 0 Å². The topological polar surface area (TPSA) is 24.9 Å². The molecule has 20 heavy (non-hydrogen) atoms. The van der Waals surface area contributed by atoms with E-state index in [9.17, 15) is 8.78 Å². The molecule has 0 bridgehead atoms. The van der Waals surface area contributed by atoms with Gasteiger partial charge in [0.25, 0.3) is 0 Å². The summed E-state index contributed by atoms with van der Waals surface area (Å²) in [6, 6.07) is 5.72. The van der Waals surface area contributed by atoms with Crippen molar-refractivity contribution in [2.75, 3.05) is 6.54 Å². The average molecular weight is 341 g/mol. The van der Waals surface area contributed by atoms with Crippen LogP contribution in [-0.4, -0.2) is 11.5 Å². The first kappa shape index (κ1) is 15.1. The number of nitrogens with zero attached hydrogens (tertiary/aromatic N) is 1. The summed E-state index contributed by atoms with van der Waals surface area (Å²) in [5.74, 6) is -1.16. The molecule has 2 nitrogen and oxygen atoms in total. The molecule has 0 aliphatic rings. The van der Waals surface area contributed by atoms with E-state index in [1.807, 2.05) is 26.0 Å². The van der Waals surface area contributed by atoms with E-state index in [4.69, 9.17) is 0 Å². The summed E-state index contributed by atoms with van der Waals surface area (Å²) in [4.78, 5) is 4.19. The Morgan fingerprint density at radius 3 is 2.60 bits per heavy atom. The Kier molecular flexibility index (Phi) is 4.83. The maximum absolute atomic E-state index is 14.3. The Balaban J connectivity index is 2.54. The van der Waals surface area contributed by atoms with Gasteiger partial charge in [0.1, 0.15) is 11.6 Å². The summed E-state index contributed by atoms with van der Waals surface area (Å²) in [6.45, 7) is 4.35. The fourth-order valence-corrected chi connectivity index (χ4v) is 2.39. The van der Waals surface area contributed by atoms with E-state index in [0.29, 0.717) is 6.54 Å². The standard InChI is InChI=1S/C15H15BrF2N2/c1-3-19-15(10-5-4-9(2)20-8-10)13-12(17)7-6-11(16)14(13)18/h4-8,15,19H,3H2,1-2H3. The van der Waals surface area contributed by atoms with Crippen LogP contribution in [0.3, 0.4) is 0 Å². The minimum atomic E-state index is -0.587. The summed E-state index contributed by atoms with van der Waals surface area (Å²) in [7, 11) is 0. The minimum Gasteiger partial charge on any atom is -0.306 e. The van der Waals surface area contributed by atoms with Gasteiger partial charge in [-0.3, -0.25) is 4.98 Å². The van der Waals surface area contributed by atoms with Crippen LogP contribution >= 0.6 is 15.9 Å². The summed E-state index contributed by atoms with van der Waals surface area (Å²) in [5, 5.41) is 3.10. The lowest BCUT2D eigenvalue weighted by Gasteiger charge is -2.20. The van der Waals surface area contributed by atoms with Gasteiger partial charge in [-0.2, -0.15) is 0 Å². The molecule has 1 unspecified atom stereocenters. The largest absolute Gasteiger partial charge is 0.306 e. The monoisotopic (exact) mass is 340 g/mol. The van der Waals surface area contributed by atoms with Crippen molar-refractivity contribution in [1.82, 2.24) is 10.3 Å². The summed E-state index contributed by atoms with van der Waals surface area (Å²) in [6.07, 6.45) is 1.64. The van der Waals surface area contributed by atoms with E-state index < -0.39 is 17.7 Å². The quantitative estimate of drug-likeness (QED) is 0.846. The Bertz CT molecular complexity index is 600. The predicted octanol–water partition coefficient (Wildman–Crippen LogP) is 4.13. The van der Waals surface area contributed by atoms with Crippen LogP contribution in [0.1, 0.15) is 29.8 Å². The van der Waals surface area contributed by atoms with E-state index in [0.717, 1.165) is 11.3 Å². The zero-order valence-corrected chi connectivity index (χ0v) is 12.8. The Hall–Kier alpha value is -1.33. The van der Waals surface area contributed by atoms with Crippen LogP contribution in [0.25, 0.3) is 0 Å². The van der Waals surface area contributed by atoms with Crippen molar-refractivity contribution in [2.45, 2.75) is 19.9 Å². The number of hydrogen-bond donors (Lipinski definition) is 1. The molecule has 0 spiro atoms. The molecule has 0 aliphatic carbocycles. The van der Waals surface area contributed by atoms with Gasteiger partial charge < -0.3 is 5.32 Å². The second-order valence-corrected chi connectivity index (χ2v) is 5.33. The molecule has 0 saturated carbocycles. The van der Waals surface area contributed by atoms with Gasteiger partial charge >= 0.3 is 0 Å². The number of hydrogen-bond acceptors (Lipinski definition) is 2. The van der Waals surface area contributed by atoms with Crippen LogP contribution in [0, 0.1) is 18.6 Å². The van der Waals surface area contributed by atoms with Crippen LogP contribution in [-0.2, 0) is 0 Å². The molecule has 1 aromatic carbocycles. The lowest BCUT2D eigenvalue weighted by molar-refractivity contribution is 0.506. The van der Waals surface area contributed by atoms with E-state index in [1.54, 1.807) is 6.20 Å². The summed E-state index contributed by atoms with van der Waals surface area (Å²) in [5.41, 5.74) is 1.60. The maximum atomic E-state index is 14.3. The average Bonchev–Trinajstić information content (AvgIpc) is 2.43. The van der Waals surface area contributed by atoms with E-state index in [2.05, 4.69) is 26.2 Å². The van der Waals surface area contributed by atoms with Gasteiger partial charge in [0.05, 0.1) is 10.5 Å². The second-order valence-electron chi connectivity index (χ2n) is 4.48. The first-order chi connectivity index (χ1) is 9.54. The number of pyridine rings is 1. The van der Waals surface area contributed by atoms with Crippen LogP contribution < -0.4 is 5.32 Å². The van der Waals surface area contributed by atoms with Crippen molar-refractivity contribution in [1.29, 1.82) is 0 Å². The minimum absolute atomic E-state index is 0.00637. The van der Waals surface area contributed by atoms with Crippen molar-refractivity contribution in [3.05, 3.63) is 63.4 Å². The molecule has 0 amide bonds. The van der Waals surface area contributed by atoms with Gasteiger partial charge in [-0.1, -0.05) is 13.0 Å². The third-order valence-corrected chi connectivity index (χ3v) is 3.66. The van der Waals surface area contributed by atoms with Gasteiger partial charge in [-0.05, 0) is 53.2 Å². The van der Waals surface area contributed by atoms with E-state index in [-0.39, 0.29) is 10.0 Å². The number of aryl methyl sites for hydroxylation is 1.